The van der Waals surface area contributed by atoms with E-state index in [4.69, 9.17) is 33.8 Å². The Balaban J connectivity index is 5.59. The summed E-state index contributed by atoms with van der Waals surface area (Å²) in [5.41, 5.74) is 25.7. The predicted octanol–water partition coefficient (Wildman–Crippen LogP) is -5.87. The third kappa shape index (κ3) is 13.1. The first-order valence-electron chi connectivity index (χ1n) is 10.2. The quantitative estimate of drug-likeness (QED) is 0.0906. The molecule has 0 aromatic rings. The van der Waals surface area contributed by atoms with Gasteiger partial charge < -0.3 is 49.7 Å². The van der Waals surface area contributed by atoms with Gasteiger partial charge in [-0.25, -0.2) is 4.79 Å². The molecular formula is C18H30N8O9. The number of nitrogens with two attached hydrogens (primary N) is 5. The third-order valence-corrected chi connectivity index (χ3v) is 4.41. The highest BCUT2D eigenvalue weighted by atomic mass is 16.4. The molecule has 0 saturated carbocycles. The van der Waals surface area contributed by atoms with Crippen LogP contribution < -0.4 is 44.6 Å². The van der Waals surface area contributed by atoms with Crippen LogP contribution in [0.4, 0.5) is 0 Å². The summed E-state index contributed by atoms with van der Waals surface area (Å²) in [6.07, 6.45) is -2.69. The maximum atomic E-state index is 12.7. The van der Waals surface area contributed by atoms with Crippen molar-refractivity contribution >= 4 is 47.3 Å². The summed E-state index contributed by atoms with van der Waals surface area (Å²) in [4.78, 5) is 93.2. The number of rotatable bonds is 17. The zero-order valence-electron chi connectivity index (χ0n) is 18.7. The Morgan fingerprint density at radius 1 is 0.571 bits per heavy atom. The molecule has 0 spiro atoms. The molecule has 0 unspecified atom stereocenters. The molecule has 0 bridgehead atoms. The average molecular weight is 502 g/mol. The van der Waals surface area contributed by atoms with Crippen molar-refractivity contribution in [1.29, 1.82) is 0 Å². The summed E-state index contributed by atoms with van der Waals surface area (Å²) in [6.45, 7) is 0. The molecule has 0 aromatic heterocycles. The zero-order chi connectivity index (χ0) is 27.3. The summed E-state index contributed by atoms with van der Waals surface area (Å²) >= 11 is 0. The topological polar surface area (TPSA) is 323 Å². The molecule has 0 aliphatic carbocycles. The van der Waals surface area contributed by atoms with Crippen LogP contribution in [-0.2, 0) is 38.4 Å². The highest BCUT2D eigenvalue weighted by Crippen LogP contribution is 2.04. The van der Waals surface area contributed by atoms with E-state index in [2.05, 4.69) is 10.6 Å². The molecule has 0 aromatic carbocycles. The van der Waals surface area contributed by atoms with E-state index in [-0.39, 0.29) is 12.8 Å². The van der Waals surface area contributed by atoms with Crippen LogP contribution in [0, 0.1) is 0 Å². The summed E-state index contributed by atoms with van der Waals surface area (Å²) in [7, 11) is 0. The SMILES string of the molecule is NC(=O)CC[C@H](NC(=O)[C@H](CC(N)=O)NC(=O)[C@@H](N)CCC(N)=O)C(=O)N[C@@H](CC(N)=O)C(=O)O. The Morgan fingerprint density at radius 2 is 0.971 bits per heavy atom. The molecule has 4 atom stereocenters. The number of nitrogens with one attached hydrogen (secondary N) is 3. The molecule has 7 amide bonds. The molecule has 14 N–H and O–H groups in total. The van der Waals surface area contributed by atoms with E-state index in [1.54, 1.807) is 0 Å². The Labute approximate surface area is 198 Å². The number of aliphatic carboxylic acids is 1. The van der Waals surface area contributed by atoms with Gasteiger partial charge in [0.15, 0.2) is 0 Å². The van der Waals surface area contributed by atoms with Crippen molar-refractivity contribution in [1.82, 2.24) is 16.0 Å². The first-order chi connectivity index (χ1) is 16.1. The summed E-state index contributed by atoms with van der Waals surface area (Å²) in [5.74, 6) is -8.38. The van der Waals surface area contributed by atoms with Crippen molar-refractivity contribution in [3.05, 3.63) is 0 Å². The van der Waals surface area contributed by atoms with Gasteiger partial charge in [-0.05, 0) is 12.8 Å². The highest BCUT2D eigenvalue weighted by molar-refractivity contribution is 5.96. The third-order valence-electron chi connectivity index (χ3n) is 4.41. The van der Waals surface area contributed by atoms with E-state index in [0.717, 1.165) is 0 Å². The van der Waals surface area contributed by atoms with Crippen molar-refractivity contribution in [2.24, 2.45) is 28.7 Å². The standard InChI is InChI=1S/C18H30N8O9/c19-7(1-3-11(20)27)15(31)25-9(5-13(22)29)17(33)24-8(2-4-12(21)28)16(32)26-10(18(34)35)6-14(23)30/h7-10H,1-6,19H2,(H2,20,27)(H2,21,28)(H2,22,29)(H2,23,30)(H,24,33)(H,25,31)(H,26,32)(H,34,35)/t7-,8-,9-,10-/m0/s1. The minimum absolute atomic E-state index is 0.161. The van der Waals surface area contributed by atoms with Gasteiger partial charge in [-0.15, -0.1) is 0 Å². The molecule has 35 heavy (non-hydrogen) atoms. The minimum atomic E-state index is -1.74. The number of carbonyl (C=O) groups excluding carboxylic acids is 7. The Hall–Kier alpha value is -4.28. The van der Waals surface area contributed by atoms with Crippen LogP contribution in [0.5, 0.6) is 0 Å². The zero-order valence-corrected chi connectivity index (χ0v) is 18.7. The fourth-order valence-corrected chi connectivity index (χ4v) is 2.62. The van der Waals surface area contributed by atoms with Crippen molar-refractivity contribution in [2.45, 2.75) is 62.7 Å². The molecule has 0 heterocycles. The lowest BCUT2D eigenvalue weighted by Gasteiger charge is -2.24. The fourth-order valence-electron chi connectivity index (χ4n) is 2.62. The summed E-state index contributed by atoms with van der Waals surface area (Å²) < 4.78 is 0. The summed E-state index contributed by atoms with van der Waals surface area (Å²) in [5, 5.41) is 15.5. The Kier molecular flexibility index (Phi) is 13.0. The first kappa shape index (κ1) is 30.7. The molecule has 0 aliphatic heterocycles. The maximum Gasteiger partial charge on any atom is 0.326 e. The second kappa shape index (κ2) is 14.8. The van der Waals surface area contributed by atoms with E-state index in [1.807, 2.05) is 5.32 Å². The van der Waals surface area contributed by atoms with Gasteiger partial charge in [0.1, 0.15) is 18.1 Å². The smallest absolute Gasteiger partial charge is 0.326 e. The normalized spacial score (nSPS) is 13.9. The Morgan fingerprint density at radius 3 is 1.43 bits per heavy atom. The molecule has 196 valence electrons. The van der Waals surface area contributed by atoms with Crippen molar-refractivity contribution < 1.29 is 43.5 Å². The van der Waals surface area contributed by atoms with Crippen molar-refractivity contribution in [3.63, 3.8) is 0 Å². The van der Waals surface area contributed by atoms with Crippen LogP contribution >= 0.6 is 0 Å². The first-order valence-corrected chi connectivity index (χ1v) is 10.2. The van der Waals surface area contributed by atoms with Gasteiger partial charge in [-0.3, -0.25) is 33.6 Å². The van der Waals surface area contributed by atoms with Gasteiger partial charge in [0.05, 0.1) is 18.9 Å². The van der Waals surface area contributed by atoms with Gasteiger partial charge in [0.2, 0.25) is 41.4 Å². The number of carboxylic acids is 1. The van der Waals surface area contributed by atoms with Crippen LogP contribution in [0.2, 0.25) is 0 Å². The Bertz CT molecular complexity index is 863. The van der Waals surface area contributed by atoms with Crippen LogP contribution in [0.25, 0.3) is 0 Å². The van der Waals surface area contributed by atoms with E-state index in [9.17, 15) is 38.4 Å². The maximum absolute atomic E-state index is 12.7. The van der Waals surface area contributed by atoms with E-state index in [1.165, 1.54) is 0 Å². The average Bonchev–Trinajstić information content (AvgIpc) is 2.72. The second-order valence-corrected chi connectivity index (χ2v) is 7.48. The van der Waals surface area contributed by atoms with Gasteiger partial charge >= 0.3 is 5.97 Å². The van der Waals surface area contributed by atoms with Crippen LogP contribution in [0.1, 0.15) is 38.5 Å². The van der Waals surface area contributed by atoms with Crippen LogP contribution in [-0.4, -0.2) is 76.6 Å². The minimum Gasteiger partial charge on any atom is -0.480 e. The largest absolute Gasteiger partial charge is 0.480 e. The van der Waals surface area contributed by atoms with E-state index >= 15 is 0 Å². The number of primary amides is 4. The molecule has 17 heteroatoms. The van der Waals surface area contributed by atoms with Gasteiger partial charge in [0.25, 0.3) is 0 Å². The lowest BCUT2D eigenvalue weighted by molar-refractivity contribution is -0.144. The van der Waals surface area contributed by atoms with Gasteiger partial charge in [-0.1, -0.05) is 0 Å². The van der Waals surface area contributed by atoms with Crippen LogP contribution in [0.3, 0.4) is 0 Å². The monoisotopic (exact) mass is 502 g/mol. The van der Waals surface area contributed by atoms with Crippen molar-refractivity contribution in [3.8, 4) is 0 Å². The second-order valence-electron chi connectivity index (χ2n) is 7.48. The van der Waals surface area contributed by atoms with Gasteiger partial charge in [0, 0.05) is 12.8 Å². The molecule has 0 rings (SSSR count). The predicted molar refractivity (Wildman–Crippen MR) is 116 cm³/mol. The lowest BCUT2D eigenvalue weighted by atomic mass is 10.1. The molecule has 0 fully saturated rings. The summed E-state index contributed by atoms with van der Waals surface area (Å²) in [6, 6.07) is -6.20. The van der Waals surface area contributed by atoms with Crippen LogP contribution in [0.15, 0.2) is 0 Å². The van der Waals surface area contributed by atoms with E-state index in [0.29, 0.717) is 0 Å². The number of carboxylic acid groups (broad SMARTS) is 1. The molecule has 17 nitrogen and oxygen atoms in total. The number of hydrogen-bond acceptors (Lipinski definition) is 9. The lowest BCUT2D eigenvalue weighted by Crippen LogP contribution is -2.58. The molecular weight excluding hydrogens is 472 g/mol. The number of carbonyl (C=O) groups is 8. The van der Waals surface area contributed by atoms with Gasteiger partial charge in [-0.2, -0.15) is 0 Å². The molecule has 0 radical (unpaired) electrons. The number of amides is 7. The molecule has 0 aliphatic rings. The van der Waals surface area contributed by atoms with Crippen molar-refractivity contribution in [2.75, 3.05) is 0 Å². The number of hydrogen-bond donors (Lipinski definition) is 9. The molecule has 0 saturated heterocycles. The highest BCUT2D eigenvalue weighted by Gasteiger charge is 2.31. The fraction of sp³-hybridized carbons (Fsp3) is 0.556. The van der Waals surface area contributed by atoms with E-state index < -0.39 is 97.2 Å².